The maximum atomic E-state index is 15.1. The monoisotopic (exact) mass is 1170 g/mol. The average Bonchev–Trinajstić information content (AvgIpc) is 4.06. The number of primary amides is 1. The molecular formula is C60H67N10O13P. The van der Waals surface area contributed by atoms with E-state index in [1.54, 1.807) is 11.9 Å². The number of hydrogen-bond acceptors (Lipinski definition) is 11. The van der Waals surface area contributed by atoms with Crippen molar-refractivity contribution in [3.63, 3.8) is 0 Å². The molecule has 9 N–H and O–H groups in total. The Hall–Kier alpha value is -8.53. The number of carbonyl (C=O) groups is 9. The molecule has 440 valence electrons. The molecule has 8 amide bonds. The zero-order valence-corrected chi connectivity index (χ0v) is 47.1. The minimum absolute atomic E-state index is 0.0633. The molecule has 2 unspecified atom stereocenters. The molecule has 4 fully saturated rings. The first-order valence-electron chi connectivity index (χ1n) is 28.4. The summed E-state index contributed by atoms with van der Waals surface area (Å²) >= 11 is 0. The van der Waals surface area contributed by atoms with Crippen molar-refractivity contribution in [2.24, 2.45) is 18.7 Å². The summed E-state index contributed by atoms with van der Waals surface area (Å²) in [6.45, 7) is -0.0544. The van der Waals surface area contributed by atoms with Gasteiger partial charge in [-0.3, -0.25) is 62.2 Å². The molecule has 3 saturated heterocycles. The van der Waals surface area contributed by atoms with Crippen molar-refractivity contribution in [3.05, 3.63) is 142 Å². The summed E-state index contributed by atoms with van der Waals surface area (Å²) in [6, 6.07) is 23.8. The number of carbonyl (C=O) groups excluding carboxylic acids is 9. The number of H-pyrrole nitrogens is 1. The summed E-state index contributed by atoms with van der Waals surface area (Å²) in [7, 11) is -3.46. The van der Waals surface area contributed by atoms with Gasteiger partial charge in [0.1, 0.15) is 29.9 Å². The third-order valence-electron chi connectivity index (χ3n) is 17.0. The van der Waals surface area contributed by atoms with Gasteiger partial charge in [-0.05, 0) is 116 Å². The van der Waals surface area contributed by atoms with Crippen LogP contribution in [0.4, 0.5) is 0 Å². The van der Waals surface area contributed by atoms with Gasteiger partial charge in [0.2, 0.25) is 41.4 Å². The van der Waals surface area contributed by atoms with Gasteiger partial charge in [0.15, 0.2) is 0 Å². The number of imide groups is 1. The maximum absolute atomic E-state index is 15.1. The molecule has 6 aromatic rings. The number of aromatic amines is 1. The van der Waals surface area contributed by atoms with Crippen LogP contribution in [0.1, 0.15) is 139 Å². The van der Waals surface area contributed by atoms with Gasteiger partial charge in [-0.25, -0.2) is 4.79 Å². The Balaban J connectivity index is 0.814. The van der Waals surface area contributed by atoms with E-state index in [2.05, 4.69) is 26.3 Å². The summed E-state index contributed by atoms with van der Waals surface area (Å²) < 4.78 is 14.8. The summed E-state index contributed by atoms with van der Waals surface area (Å²) in [4.78, 5) is 160. The molecule has 1 aliphatic carbocycles. The van der Waals surface area contributed by atoms with Gasteiger partial charge in [0.05, 0.1) is 17.1 Å². The second-order valence-electron chi connectivity index (χ2n) is 22.5. The zero-order chi connectivity index (χ0) is 59.6. The highest BCUT2D eigenvalue weighted by Gasteiger charge is 2.46. The molecule has 0 radical (unpaired) electrons. The van der Waals surface area contributed by atoms with E-state index in [-0.39, 0.29) is 91.7 Å². The van der Waals surface area contributed by atoms with Crippen LogP contribution in [-0.4, -0.2) is 124 Å². The van der Waals surface area contributed by atoms with Crippen molar-refractivity contribution >= 4 is 82.3 Å². The van der Waals surface area contributed by atoms with Crippen LogP contribution in [0.25, 0.3) is 21.9 Å². The van der Waals surface area contributed by atoms with Gasteiger partial charge in [0, 0.05) is 61.9 Å². The molecular weight excluding hydrogens is 1100 g/mol. The van der Waals surface area contributed by atoms with Crippen molar-refractivity contribution in [1.29, 1.82) is 0 Å². The van der Waals surface area contributed by atoms with Crippen LogP contribution in [0.15, 0.2) is 108 Å². The maximum Gasteiger partial charge on any atom is 0.396 e. The lowest BCUT2D eigenvalue weighted by atomic mass is 9.69. The Morgan fingerprint density at radius 2 is 1.51 bits per heavy atom. The van der Waals surface area contributed by atoms with E-state index in [4.69, 9.17) is 5.73 Å². The largest absolute Gasteiger partial charge is 0.396 e. The van der Waals surface area contributed by atoms with Crippen molar-refractivity contribution < 1.29 is 57.5 Å². The number of fused-ring (bicyclic) bond motifs is 3. The van der Waals surface area contributed by atoms with Crippen molar-refractivity contribution in [3.8, 4) is 0 Å². The van der Waals surface area contributed by atoms with Crippen molar-refractivity contribution in [2.45, 2.75) is 126 Å². The Labute approximate surface area is 482 Å². The lowest BCUT2D eigenvalue weighted by molar-refractivity contribution is -0.145. The van der Waals surface area contributed by atoms with E-state index in [0.717, 1.165) is 42.4 Å². The molecule has 4 aliphatic rings. The lowest BCUT2D eigenvalue weighted by Crippen LogP contribution is -2.62. The number of nitrogens with two attached hydrogens (primary N) is 1. The number of imidazole rings is 1. The SMILES string of the molecule is Cn1c(=O)n(C2CCC(=O)NC2=O)c2ccc(C3CC(CCCCC(=O)N4CCC5CC[C@@H](C(=O)N[C@@H](CCC(N)=O)C(=O)NC(c6ccccc6)c6ccccc6)N5C(=O)[C@@H](NC(=O)c5cc6cc(C(=O)P(=O)(O)O)ccc6[nH]5)C4)C3)cc21. The first kappa shape index (κ1) is 58.7. The lowest BCUT2D eigenvalue weighted by Gasteiger charge is -2.39. The van der Waals surface area contributed by atoms with E-state index in [1.807, 2.05) is 78.9 Å². The number of piperidine rings is 1. The number of nitrogens with one attached hydrogen (secondary N) is 5. The third kappa shape index (κ3) is 12.7. The van der Waals surface area contributed by atoms with Crippen LogP contribution in [-0.2, 0) is 45.2 Å². The molecule has 1 saturated carbocycles. The molecule has 23 nitrogen and oxygen atoms in total. The predicted octanol–water partition coefficient (Wildman–Crippen LogP) is 4.22. The van der Waals surface area contributed by atoms with Gasteiger partial charge in [-0.15, -0.1) is 0 Å². The summed E-state index contributed by atoms with van der Waals surface area (Å²) in [6.07, 6.45) is 5.06. The number of aromatic nitrogens is 3. The smallest absolute Gasteiger partial charge is 0.370 e. The van der Waals surface area contributed by atoms with Gasteiger partial charge in [-0.2, -0.15) is 0 Å². The fraction of sp³-hybridized carbons (Fsp3) is 0.400. The quantitative estimate of drug-likeness (QED) is 0.0302. The number of nitrogens with zero attached hydrogens (tertiary/aromatic N) is 4. The summed E-state index contributed by atoms with van der Waals surface area (Å²) in [5.41, 5.74) is 7.79. The molecule has 0 bridgehead atoms. The molecule has 0 spiro atoms. The van der Waals surface area contributed by atoms with Gasteiger partial charge in [0.25, 0.3) is 11.4 Å². The second-order valence-corrected chi connectivity index (χ2v) is 24.0. The molecule has 3 aliphatic heterocycles. The van der Waals surface area contributed by atoms with E-state index < -0.39 is 84.8 Å². The van der Waals surface area contributed by atoms with Crippen LogP contribution in [0.3, 0.4) is 0 Å². The van der Waals surface area contributed by atoms with Crippen LogP contribution < -0.4 is 32.7 Å². The van der Waals surface area contributed by atoms with Crippen LogP contribution in [0.2, 0.25) is 0 Å². The molecule has 5 atom stereocenters. The third-order valence-corrected chi connectivity index (χ3v) is 17.8. The standard InChI is InChI=1S/C60H67N10O13P/c1-67-49-32-37(17-21-46(49)70(60(67)80)48-23-25-51(72)65-57(48)77)39-28-34(29-39)10-8-9-15-52(73)68-27-26-41-18-22-47(56(76)63-43(20-24-50(61)71)54(74)66-53(35-11-4-2-5-12-35)36-13-6-3-7-14-36)69(41)58(78)45(33-68)64-55(75)44-31-40-30-38(16-19-42(40)62-44)59(79)84(81,82)83/h2-7,11-14,16-17,19,21,30-32,34,39,41,43,45,47-48,53,62H,8-10,15,18,20,22-29,33H2,1H3,(H2,61,71)(H,63,76)(H,64,75)(H,66,74)(H,65,72,77)(H2,81,82,83)/t34?,39?,41?,43-,45-,47-,48?/m0/s1. The highest BCUT2D eigenvalue weighted by molar-refractivity contribution is 7.70. The van der Waals surface area contributed by atoms with E-state index in [0.29, 0.717) is 41.7 Å². The van der Waals surface area contributed by atoms with Crippen LogP contribution >= 0.6 is 7.60 Å². The normalized spacial score (nSPS) is 21.3. The zero-order valence-electron chi connectivity index (χ0n) is 46.2. The fourth-order valence-corrected chi connectivity index (χ4v) is 12.9. The topological polar surface area (TPSA) is 335 Å². The highest BCUT2D eigenvalue weighted by Crippen LogP contribution is 2.45. The van der Waals surface area contributed by atoms with E-state index in [9.17, 15) is 57.5 Å². The second kappa shape index (κ2) is 24.7. The minimum atomic E-state index is -5.13. The molecule has 24 heteroatoms. The number of unbranched alkanes of at least 4 members (excludes halogenated alkanes) is 1. The van der Waals surface area contributed by atoms with Crippen LogP contribution in [0.5, 0.6) is 0 Å². The number of aryl methyl sites for hydroxylation is 1. The Bertz CT molecular complexity index is 3640. The molecule has 84 heavy (non-hydrogen) atoms. The molecule has 10 rings (SSSR count). The van der Waals surface area contributed by atoms with Crippen molar-refractivity contribution in [1.82, 2.24) is 45.2 Å². The average molecular weight is 1170 g/mol. The summed E-state index contributed by atoms with van der Waals surface area (Å²) in [5, 5.41) is 11.3. The number of benzene rings is 4. The van der Waals surface area contributed by atoms with Gasteiger partial charge in [-0.1, -0.05) is 79.6 Å². The number of hydrogen-bond donors (Lipinski definition) is 8. The fourth-order valence-electron chi connectivity index (χ4n) is 12.4. The Morgan fingerprint density at radius 3 is 2.19 bits per heavy atom. The van der Waals surface area contributed by atoms with Crippen molar-refractivity contribution in [2.75, 3.05) is 13.1 Å². The first-order chi connectivity index (χ1) is 40.2. The predicted molar refractivity (Wildman–Crippen MR) is 307 cm³/mol. The number of amides is 8. The molecule has 2 aromatic heterocycles. The minimum Gasteiger partial charge on any atom is -0.370 e. The highest BCUT2D eigenvalue weighted by atomic mass is 31.2. The first-order valence-corrected chi connectivity index (χ1v) is 30.0. The summed E-state index contributed by atoms with van der Waals surface area (Å²) in [5.74, 6) is -3.76. The van der Waals surface area contributed by atoms with Crippen LogP contribution in [0, 0.1) is 5.92 Å². The Morgan fingerprint density at radius 1 is 0.798 bits per heavy atom. The molecule has 5 heterocycles. The van der Waals surface area contributed by atoms with Gasteiger partial charge < -0.3 is 46.3 Å². The van der Waals surface area contributed by atoms with E-state index in [1.165, 1.54) is 38.3 Å². The molecule has 4 aromatic carbocycles. The van der Waals surface area contributed by atoms with Gasteiger partial charge >= 0.3 is 13.3 Å². The van der Waals surface area contributed by atoms with E-state index >= 15 is 4.79 Å². The Kier molecular flexibility index (Phi) is 17.3. The number of rotatable bonds is 20.